The summed E-state index contributed by atoms with van der Waals surface area (Å²) in [6.45, 7) is 1.07. The van der Waals surface area contributed by atoms with E-state index in [0.29, 0.717) is 11.2 Å². The first-order valence-corrected chi connectivity index (χ1v) is 5.60. The molecule has 15 heavy (non-hydrogen) atoms. The highest BCUT2D eigenvalue weighted by atomic mass is 35.5. The van der Waals surface area contributed by atoms with Crippen LogP contribution in [-0.4, -0.2) is 15.9 Å². The number of fused-ring (bicyclic) bond motifs is 1. The summed E-state index contributed by atoms with van der Waals surface area (Å²) in [4.78, 5) is 4.35. The SMILES string of the molecule is Clc1nc2ccccn2c1C1CCCN1. The molecule has 1 unspecified atom stereocenters. The second-order valence-electron chi connectivity index (χ2n) is 3.87. The van der Waals surface area contributed by atoms with E-state index >= 15 is 0 Å². The normalized spacial score (nSPS) is 21.3. The van der Waals surface area contributed by atoms with Crippen molar-refractivity contribution in [3.63, 3.8) is 0 Å². The summed E-state index contributed by atoms with van der Waals surface area (Å²) in [6.07, 6.45) is 4.37. The van der Waals surface area contributed by atoms with Gasteiger partial charge in [-0.3, -0.25) is 0 Å². The Balaban J connectivity index is 2.19. The van der Waals surface area contributed by atoms with Crippen LogP contribution in [0.5, 0.6) is 0 Å². The molecule has 1 saturated heterocycles. The fourth-order valence-electron chi connectivity index (χ4n) is 2.22. The lowest BCUT2D eigenvalue weighted by Crippen LogP contribution is -2.15. The Kier molecular flexibility index (Phi) is 2.15. The van der Waals surface area contributed by atoms with E-state index in [1.807, 2.05) is 24.4 Å². The number of hydrogen-bond acceptors (Lipinski definition) is 2. The second-order valence-corrected chi connectivity index (χ2v) is 4.22. The van der Waals surface area contributed by atoms with Crippen LogP contribution in [0.3, 0.4) is 0 Å². The number of rotatable bonds is 1. The summed E-state index contributed by atoms with van der Waals surface area (Å²) in [5.41, 5.74) is 2.02. The van der Waals surface area contributed by atoms with E-state index < -0.39 is 0 Å². The summed E-state index contributed by atoms with van der Waals surface area (Å²) in [7, 11) is 0. The molecule has 78 valence electrons. The minimum absolute atomic E-state index is 0.356. The summed E-state index contributed by atoms with van der Waals surface area (Å²) < 4.78 is 2.07. The molecule has 0 bridgehead atoms. The maximum absolute atomic E-state index is 6.18. The molecule has 1 N–H and O–H groups in total. The van der Waals surface area contributed by atoms with Crippen molar-refractivity contribution in [1.82, 2.24) is 14.7 Å². The van der Waals surface area contributed by atoms with Gasteiger partial charge in [-0.15, -0.1) is 0 Å². The van der Waals surface area contributed by atoms with E-state index in [1.165, 1.54) is 6.42 Å². The summed E-state index contributed by atoms with van der Waals surface area (Å²) in [5.74, 6) is 0. The van der Waals surface area contributed by atoms with Gasteiger partial charge in [-0.1, -0.05) is 17.7 Å². The molecule has 4 heteroatoms. The highest BCUT2D eigenvalue weighted by molar-refractivity contribution is 6.30. The first-order chi connectivity index (χ1) is 7.36. The van der Waals surface area contributed by atoms with Gasteiger partial charge in [-0.25, -0.2) is 4.98 Å². The van der Waals surface area contributed by atoms with Gasteiger partial charge in [0.15, 0.2) is 5.15 Å². The molecule has 1 aliphatic rings. The molecule has 0 aliphatic carbocycles. The molecule has 3 heterocycles. The number of imidazole rings is 1. The Labute approximate surface area is 93.1 Å². The van der Waals surface area contributed by atoms with Crippen molar-refractivity contribution in [3.8, 4) is 0 Å². The van der Waals surface area contributed by atoms with Gasteiger partial charge in [0.25, 0.3) is 0 Å². The predicted molar refractivity (Wildman–Crippen MR) is 60.2 cm³/mol. The molecule has 0 amide bonds. The molecule has 1 atom stereocenters. The number of hydrogen-bond donors (Lipinski definition) is 1. The second kappa shape index (κ2) is 3.51. The zero-order valence-corrected chi connectivity index (χ0v) is 9.04. The van der Waals surface area contributed by atoms with Crippen molar-refractivity contribution >= 4 is 17.2 Å². The lowest BCUT2D eigenvalue weighted by molar-refractivity contribution is 0.622. The van der Waals surface area contributed by atoms with Crippen molar-refractivity contribution in [2.75, 3.05) is 6.54 Å². The van der Waals surface area contributed by atoms with Crippen LogP contribution in [0.15, 0.2) is 24.4 Å². The Bertz CT molecular complexity index is 486. The maximum Gasteiger partial charge on any atom is 0.152 e. The van der Waals surface area contributed by atoms with Gasteiger partial charge in [-0.05, 0) is 31.5 Å². The molecule has 0 aromatic carbocycles. The molecule has 0 spiro atoms. The van der Waals surface area contributed by atoms with Gasteiger partial charge in [0, 0.05) is 6.20 Å². The molecular weight excluding hydrogens is 210 g/mol. The van der Waals surface area contributed by atoms with E-state index in [2.05, 4.69) is 14.7 Å². The third kappa shape index (κ3) is 1.43. The predicted octanol–water partition coefficient (Wildman–Crippen LogP) is 2.41. The quantitative estimate of drug-likeness (QED) is 0.802. The van der Waals surface area contributed by atoms with Gasteiger partial charge in [0.1, 0.15) is 5.65 Å². The summed E-state index contributed by atoms with van der Waals surface area (Å²) in [5, 5.41) is 4.07. The maximum atomic E-state index is 6.18. The van der Waals surface area contributed by atoms with Crippen molar-refractivity contribution in [3.05, 3.63) is 35.2 Å². The fourth-order valence-corrected chi connectivity index (χ4v) is 2.53. The van der Waals surface area contributed by atoms with E-state index in [0.717, 1.165) is 24.3 Å². The largest absolute Gasteiger partial charge is 0.309 e. The third-order valence-electron chi connectivity index (χ3n) is 2.91. The molecule has 3 rings (SSSR count). The Morgan fingerprint density at radius 3 is 3.20 bits per heavy atom. The lowest BCUT2D eigenvalue weighted by atomic mass is 10.2. The van der Waals surface area contributed by atoms with Gasteiger partial charge in [0.2, 0.25) is 0 Å². The van der Waals surface area contributed by atoms with Crippen LogP contribution in [0.2, 0.25) is 5.15 Å². The van der Waals surface area contributed by atoms with Crippen molar-refractivity contribution in [2.24, 2.45) is 0 Å². The lowest BCUT2D eigenvalue weighted by Gasteiger charge is -2.10. The molecule has 3 nitrogen and oxygen atoms in total. The van der Waals surface area contributed by atoms with Gasteiger partial charge in [-0.2, -0.15) is 0 Å². The molecule has 2 aromatic rings. The van der Waals surface area contributed by atoms with E-state index in [-0.39, 0.29) is 0 Å². The van der Waals surface area contributed by atoms with Crippen LogP contribution in [0.1, 0.15) is 24.6 Å². The van der Waals surface area contributed by atoms with E-state index in [1.54, 1.807) is 0 Å². The highest BCUT2D eigenvalue weighted by Gasteiger charge is 2.23. The van der Waals surface area contributed by atoms with Crippen LogP contribution in [0.4, 0.5) is 0 Å². The van der Waals surface area contributed by atoms with E-state index in [4.69, 9.17) is 11.6 Å². The Morgan fingerprint density at radius 1 is 1.47 bits per heavy atom. The zero-order valence-electron chi connectivity index (χ0n) is 8.28. The molecule has 1 fully saturated rings. The van der Waals surface area contributed by atoms with Crippen LogP contribution in [0.25, 0.3) is 5.65 Å². The number of nitrogens with zero attached hydrogens (tertiary/aromatic N) is 2. The molecule has 0 saturated carbocycles. The standard InChI is InChI=1S/C11H12ClN3/c12-11-10(8-4-3-6-13-8)15-7-2-1-5-9(15)14-11/h1-2,5,7-8,13H,3-4,6H2. The topological polar surface area (TPSA) is 29.3 Å². The smallest absolute Gasteiger partial charge is 0.152 e. The van der Waals surface area contributed by atoms with Crippen LogP contribution >= 0.6 is 11.6 Å². The fraction of sp³-hybridized carbons (Fsp3) is 0.364. The van der Waals surface area contributed by atoms with Gasteiger partial charge < -0.3 is 9.72 Å². The van der Waals surface area contributed by atoms with Gasteiger partial charge in [0.05, 0.1) is 11.7 Å². The van der Waals surface area contributed by atoms with Crippen LogP contribution in [0, 0.1) is 0 Å². The van der Waals surface area contributed by atoms with Crippen LogP contribution in [-0.2, 0) is 0 Å². The molecule has 0 radical (unpaired) electrons. The Morgan fingerprint density at radius 2 is 2.40 bits per heavy atom. The average Bonchev–Trinajstić information content (AvgIpc) is 2.82. The van der Waals surface area contributed by atoms with Gasteiger partial charge >= 0.3 is 0 Å². The van der Waals surface area contributed by atoms with Crippen molar-refractivity contribution in [2.45, 2.75) is 18.9 Å². The summed E-state index contributed by atoms with van der Waals surface area (Å²) >= 11 is 6.18. The third-order valence-corrected chi connectivity index (χ3v) is 3.19. The minimum atomic E-state index is 0.356. The highest BCUT2D eigenvalue weighted by Crippen LogP contribution is 2.29. The average molecular weight is 222 g/mol. The zero-order chi connectivity index (χ0) is 10.3. The first-order valence-electron chi connectivity index (χ1n) is 5.22. The number of halogens is 1. The van der Waals surface area contributed by atoms with E-state index in [9.17, 15) is 0 Å². The summed E-state index contributed by atoms with van der Waals surface area (Å²) in [6, 6.07) is 6.31. The van der Waals surface area contributed by atoms with Crippen molar-refractivity contribution < 1.29 is 0 Å². The van der Waals surface area contributed by atoms with Crippen molar-refractivity contribution in [1.29, 1.82) is 0 Å². The molecule has 1 aliphatic heterocycles. The number of aromatic nitrogens is 2. The van der Waals surface area contributed by atoms with Crippen LogP contribution < -0.4 is 5.32 Å². The Hall–Kier alpha value is -1.06. The number of pyridine rings is 1. The first kappa shape index (κ1) is 9.19. The monoisotopic (exact) mass is 221 g/mol. The molecular formula is C11H12ClN3. The number of nitrogens with one attached hydrogen (secondary N) is 1. The molecule has 2 aromatic heterocycles. The minimum Gasteiger partial charge on any atom is -0.309 e.